The molecule has 0 saturated heterocycles. The van der Waals surface area contributed by atoms with Crippen molar-refractivity contribution in [3.8, 4) is 11.8 Å². The monoisotopic (exact) mass is 205 g/mol. The molecule has 4 nitrogen and oxygen atoms in total. The van der Waals surface area contributed by atoms with Crippen LogP contribution in [0.2, 0.25) is 0 Å². The number of carbonyl (C=O) groups is 1. The zero-order valence-electron chi connectivity index (χ0n) is 8.03. The molecule has 78 valence electrons. The highest BCUT2D eigenvalue weighted by Crippen LogP contribution is 2.08. The topological polar surface area (TPSA) is 69.6 Å². The number of aliphatic hydroxyl groups excluding tert-OH is 1. The molecule has 0 fully saturated rings. The third kappa shape index (κ3) is 3.71. The number of hydrogen-bond donors (Lipinski definition) is 3. The van der Waals surface area contributed by atoms with Crippen molar-refractivity contribution in [1.29, 1.82) is 0 Å². The van der Waals surface area contributed by atoms with E-state index < -0.39 is 5.97 Å². The van der Waals surface area contributed by atoms with E-state index in [4.69, 9.17) is 10.2 Å². The molecule has 4 heteroatoms. The number of aromatic carboxylic acids is 1. The van der Waals surface area contributed by atoms with Crippen molar-refractivity contribution in [2.45, 2.75) is 0 Å². The lowest BCUT2D eigenvalue weighted by Crippen LogP contribution is -2.00. The zero-order valence-corrected chi connectivity index (χ0v) is 8.03. The quantitative estimate of drug-likeness (QED) is 0.638. The van der Waals surface area contributed by atoms with Crippen molar-refractivity contribution in [3.63, 3.8) is 0 Å². The third-order valence-corrected chi connectivity index (χ3v) is 1.72. The van der Waals surface area contributed by atoms with E-state index in [1.165, 1.54) is 12.1 Å². The van der Waals surface area contributed by atoms with Gasteiger partial charge in [-0.2, -0.15) is 0 Å². The van der Waals surface area contributed by atoms with Crippen molar-refractivity contribution in [1.82, 2.24) is 0 Å². The minimum atomic E-state index is -0.943. The van der Waals surface area contributed by atoms with Crippen LogP contribution < -0.4 is 5.32 Å². The molecule has 1 rings (SSSR count). The van der Waals surface area contributed by atoms with E-state index in [1.807, 2.05) is 0 Å². The molecule has 0 bridgehead atoms. The predicted molar refractivity (Wildman–Crippen MR) is 56.8 cm³/mol. The largest absolute Gasteiger partial charge is 0.478 e. The first kappa shape index (κ1) is 11.1. The fraction of sp³-hybridized carbons (Fsp3) is 0.182. The normalized spacial score (nSPS) is 8.87. The molecular formula is C11H11NO3. The van der Waals surface area contributed by atoms with E-state index >= 15 is 0 Å². The molecule has 1 aromatic rings. The van der Waals surface area contributed by atoms with Gasteiger partial charge in [0.25, 0.3) is 0 Å². The lowest BCUT2D eigenvalue weighted by molar-refractivity contribution is 0.0697. The molecule has 3 N–H and O–H groups in total. The maximum atomic E-state index is 10.5. The molecule has 0 heterocycles. The molecule has 0 aliphatic carbocycles. The average Bonchev–Trinajstić information content (AvgIpc) is 2.25. The van der Waals surface area contributed by atoms with Gasteiger partial charge in [0.2, 0.25) is 0 Å². The van der Waals surface area contributed by atoms with Crippen molar-refractivity contribution >= 4 is 11.7 Å². The predicted octanol–water partition coefficient (Wildman–Crippen LogP) is 0.792. The number of anilines is 1. The van der Waals surface area contributed by atoms with E-state index in [0.717, 1.165) is 5.69 Å². The standard InChI is InChI=1S/C11H11NO3/c13-8-2-1-7-12-10-5-3-9(4-6-10)11(14)15/h3-6,12-13H,7-8H2,(H,14,15). The molecule has 0 amide bonds. The molecule has 15 heavy (non-hydrogen) atoms. The molecule has 0 radical (unpaired) electrons. The summed E-state index contributed by atoms with van der Waals surface area (Å²) in [5.74, 6) is 4.25. The molecule has 0 spiro atoms. The van der Waals surface area contributed by atoms with Gasteiger partial charge in [0.15, 0.2) is 0 Å². The smallest absolute Gasteiger partial charge is 0.335 e. The number of carboxylic acid groups (broad SMARTS) is 1. The summed E-state index contributed by atoms with van der Waals surface area (Å²) >= 11 is 0. The molecule has 1 aromatic carbocycles. The van der Waals surface area contributed by atoms with Gasteiger partial charge >= 0.3 is 5.97 Å². The summed E-state index contributed by atoms with van der Waals surface area (Å²) in [5.41, 5.74) is 1.05. The summed E-state index contributed by atoms with van der Waals surface area (Å²) in [7, 11) is 0. The van der Waals surface area contributed by atoms with Crippen LogP contribution in [-0.4, -0.2) is 29.3 Å². The molecule has 0 aromatic heterocycles. The highest BCUT2D eigenvalue weighted by Gasteiger charge is 2.00. The van der Waals surface area contributed by atoms with Crippen LogP contribution in [0, 0.1) is 11.8 Å². The van der Waals surface area contributed by atoms with Gasteiger partial charge in [0.05, 0.1) is 12.1 Å². The van der Waals surface area contributed by atoms with Gasteiger partial charge in [-0.3, -0.25) is 0 Å². The Kier molecular flexibility index (Phi) is 4.20. The van der Waals surface area contributed by atoms with Crippen molar-refractivity contribution < 1.29 is 15.0 Å². The van der Waals surface area contributed by atoms with Gasteiger partial charge in [-0.25, -0.2) is 4.79 Å². The second-order valence-electron chi connectivity index (χ2n) is 2.75. The Morgan fingerprint density at radius 1 is 1.27 bits per heavy atom. The van der Waals surface area contributed by atoms with Gasteiger partial charge < -0.3 is 15.5 Å². The van der Waals surface area contributed by atoms with E-state index in [-0.39, 0.29) is 12.2 Å². The molecule has 0 saturated carbocycles. The van der Waals surface area contributed by atoms with Crippen LogP contribution in [0.15, 0.2) is 24.3 Å². The Morgan fingerprint density at radius 2 is 1.93 bits per heavy atom. The van der Waals surface area contributed by atoms with Crippen molar-refractivity contribution in [2.75, 3.05) is 18.5 Å². The van der Waals surface area contributed by atoms with Crippen LogP contribution in [-0.2, 0) is 0 Å². The van der Waals surface area contributed by atoms with E-state index in [1.54, 1.807) is 12.1 Å². The summed E-state index contributed by atoms with van der Waals surface area (Å²) < 4.78 is 0. The Morgan fingerprint density at radius 3 is 2.47 bits per heavy atom. The van der Waals surface area contributed by atoms with Crippen molar-refractivity contribution in [2.24, 2.45) is 0 Å². The number of nitrogens with one attached hydrogen (secondary N) is 1. The number of carboxylic acids is 1. The van der Waals surface area contributed by atoms with E-state index in [2.05, 4.69) is 17.2 Å². The highest BCUT2D eigenvalue weighted by atomic mass is 16.4. The summed E-state index contributed by atoms with van der Waals surface area (Å²) in [6.07, 6.45) is 0. The van der Waals surface area contributed by atoms with Crippen LogP contribution >= 0.6 is 0 Å². The molecule has 0 aliphatic heterocycles. The Balaban J connectivity index is 2.53. The van der Waals surface area contributed by atoms with E-state index in [0.29, 0.717) is 6.54 Å². The summed E-state index contributed by atoms with van der Waals surface area (Å²) in [4.78, 5) is 10.5. The van der Waals surface area contributed by atoms with Crippen LogP contribution in [0.1, 0.15) is 10.4 Å². The Bertz CT molecular complexity index is 387. The summed E-state index contributed by atoms with van der Waals surface area (Å²) in [6.45, 7) is 0.270. The number of rotatable bonds is 3. The summed E-state index contributed by atoms with van der Waals surface area (Å²) in [5, 5.41) is 20.0. The van der Waals surface area contributed by atoms with Crippen LogP contribution in [0.25, 0.3) is 0 Å². The minimum absolute atomic E-state index is 0.153. The molecule has 0 aliphatic rings. The van der Waals surface area contributed by atoms with Crippen molar-refractivity contribution in [3.05, 3.63) is 29.8 Å². The molecule has 0 unspecified atom stereocenters. The van der Waals surface area contributed by atoms with Gasteiger partial charge in [-0.05, 0) is 24.3 Å². The first-order valence-electron chi connectivity index (χ1n) is 4.38. The Labute approximate surface area is 87.6 Å². The Hall–Kier alpha value is -1.99. The SMILES string of the molecule is O=C(O)c1ccc(NCC#CCO)cc1. The van der Waals surface area contributed by atoms with Gasteiger partial charge in [-0.1, -0.05) is 11.8 Å². The molecule has 0 atom stereocenters. The van der Waals surface area contributed by atoms with Crippen LogP contribution in [0.3, 0.4) is 0 Å². The van der Waals surface area contributed by atoms with Gasteiger partial charge in [0.1, 0.15) is 6.61 Å². The van der Waals surface area contributed by atoms with Crippen LogP contribution in [0.4, 0.5) is 5.69 Å². The maximum Gasteiger partial charge on any atom is 0.335 e. The maximum absolute atomic E-state index is 10.5. The van der Waals surface area contributed by atoms with Gasteiger partial charge in [0, 0.05) is 5.69 Å². The minimum Gasteiger partial charge on any atom is -0.478 e. The molecular weight excluding hydrogens is 194 g/mol. The second kappa shape index (κ2) is 5.68. The number of benzene rings is 1. The summed E-state index contributed by atoms with van der Waals surface area (Å²) in [6, 6.07) is 6.38. The van der Waals surface area contributed by atoms with Gasteiger partial charge in [-0.15, -0.1) is 0 Å². The first-order valence-corrected chi connectivity index (χ1v) is 4.38. The lowest BCUT2D eigenvalue weighted by atomic mass is 10.2. The zero-order chi connectivity index (χ0) is 11.1. The first-order chi connectivity index (χ1) is 7.24. The second-order valence-corrected chi connectivity index (χ2v) is 2.75. The fourth-order valence-corrected chi connectivity index (χ4v) is 0.995. The third-order valence-electron chi connectivity index (χ3n) is 1.72. The fourth-order valence-electron chi connectivity index (χ4n) is 0.995. The van der Waals surface area contributed by atoms with E-state index in [9.17, 15) is 4.79 Å². The number of aliphatic hydroxyl groups is 1. The number of hydrogen-bond acceptors (Lipinski definition) is 3. The average molecular weight is 205 g/mol. The van der Waals surface area contributed by atoms with Crippen LogP contribution in [0.5, 0.6) is 0 Å². The highest BCUT2D eigenvalue weighted by molar-refractivity contribution is 5.87. The lowest BCUT2D eigenvalue weighted by Gasteiger charge is -2.01.